The third-order valence-electron chi connectivity index (χ3n) is 5.43. The summed E-state index contributed by atoms with van der Waals surface area (Å²) in [5, 5.41) is 7.05. The van der Waals surface area contributed by atoms with Crippen LogP contribution < -0.4 is 15.0 Å². The number of carbonyl (C=O) groups is 2. The highest BCUT2D eigenvalue weighted by Crippen LogP contribution is 2.34. The van der Waals surface area contributed by atoms with Crippen molar-refractivity contribution >= 4 is 17.5 Å². The Labute approximate surface area is 181 Å². The summed E-state index contributed by atoms with van der Waals surface area (Å²) >= 11 is 0. The van der Waals surface area contributed by atoms with Crippen LogP contribution in [0.5, 0.6) is 5.75 Å². The average Bonchev–Trinajstić information content (AvgIpc) is 3.32. The van der Waals surface area contributed by atoms with Crippen LogP contribution in [0, 0.1) is 0 Å². The van der Waals surface area contributed by atoms with Crippen molar-refractivity contribution in [2.45, 2.75) is 38.8 Å². The first-order valence-corrected chi connectivity index (χ1v) is 10.5. The molecule has 0 aliphatic carbocycles. The van der Waals surface area contributed by atoms with Crippen molar-refractivity contribution in [3.05, 3.63) is 66.4 Å². The van der Waals surface area contributed by atoms with Gasteiger partial charge in [0.2, 0.25) is 5.76 Å². The van der Waals surface area contributed by atoms with Gasteiger partial charge in [-0.25, -0.2) is 0 Å². The summed E-state index contributed by atoms with van der Waals surface area (Å²) in [6.07, 6.45) is 0.847. The Morgan fingerprint density at radius 1 is 1.10 bits per heavy atom. The molecule has 0 saturated heterocycles. The summed E-state index contributed by atoms with van der Waals surface area (Å²) < 4.78 is 11.3. The van der Waals surface area contributed by atoms with Gasteiger partial charge in [0.1, 0.15) is 11.4 Å². The van der Waals surface area contributed by atoms with E-state index >= 15 is 0 Å². The van der Waals surface area contributed by atoms with Gasteiger partial charge in [0.15, 0.2) is 6.10 Å². The Hall–Kier alpha value is -3.61. The van der Waals surface area contributed by atoms with E-state index in [0.717, 1.165) is 18.4 Å². The lowest BCUT2D eigenvalue weighted by Crippen LogP contribution is -2.52. The summed E-state index contributed by atoms with van der Waals surface area (Å²) in [4.78, 5) is 27.7. The normalized spacial score (nSPS) is 15.3. The molecule has 1 aromatic heterocycles. The van der Waals surface area contributed by atoms with E-state index in [0.29, 0.717) is 17.1 Å². The first kappa shape index (κ1) is 20.7. The molecule has 1 aliphatic rings. The fourth-order valence-corrected chi connectivity index (χ4v) is 3.60. The van der Waals surface area contributed by atoms with Gasteiger partial charge < -0.3 is 14.6 Å². The van der Waals surface area contributed by atoms with Crippen molar-refractivity contribution in [1.82, 2.24) is 10.5 Å². The van der Waals surface area contributed by atoms with Crippen molar-refractivity contribution in [2.75, 3.05) is 11.4 Å². The van der Waals surface area contributed by atoms with Gasteiger partial charge in [-0.2, -0.15) is 0 Å². The second-order valence-electron chi connectivity index (χ2n) is 7.45. The number of fused-ring (bicyclic) bond motifs is 1. The molecule has 7 heteroatoms. The minimum atomic E-state index is -0.809. The molecule has 1 atom stereocenters. The highest BCUT2D eigenvalue weighted by molar-refractivity contribution is 6.06. The Bertz CT molecular complexity index is 1060. The van der Waals surface area contributed by atoms with E-state index in [2.05, 4.69) is 10.5 Å². The van der Waals surface area contributed by atoms with Gasteiger partial charge >= 0.3 is 0 Å². The maximum Gasteiger partial charge on any atom is 0.297 e. The van der Waals surface area contributed by atoms with Crippen LogP contribution in [0.25, 0.3) is 11.3 Å². The second kappa shape index (κ2) is 9.04. The molecule has 1 aliphatic heterocycles. The highest BCUT2D eigenvalue weighted by atomic mass is 16.5. The number of hydrogen-bond acceptors (Lipinski definition) is 5. The smallest absolute Gasteiger partial charge is 0.297 e. The molecule has 0 spiro atoms. The van der Waals surface area contributed by atoms with Crippen LogP contribution in [0.3, 0.4) is 0 Å². The number of amides is 2. The molecule has 0 radical (unpaired) electrons. The molecule has 0 saturated carbocycles. The van der Waals surface area contributed by atoms with Crippen LogP contribution in [-0.2, 0) is 4.79 Å². The molecule has 0 fully saturated rings. The van der Waals surface area contributed by atoms with Crippen molar-refractivity contribution < 1.29 is 18.8 Å². The third-order valence-corrected chi connectivity index (χ3v) is 5.43. The van der Waals surface area contributed by atoms with Crippen LogP contribution in [0.4, 0.5) is 5.69 Å². The monoisotopic (exact) mass is 419 g/mol. The van der Waals surface area contributed by atoms with Crippen molar-refractivity contribution in [2.24, 2.45) is 0 Å². The fourth-order valence-electron chi connectivity index (χ4n) is 3.60. The largest absolute Gasteiger partial charge is 0.477 e. The van der Waals surface area contributed by atoms with E-state index < -0.39 is 6.10 Å². The minimum absolute atomic E-state index is 0.0696. The number of hydrogen-bond donors (Lipinski definition) is 1. The number of rotatable bonds is 6. The molecule has 2 heterocycles. The number of anilines is 1. The van der Waals surface area contributed by atoms with Crippen LogP contribution >= 0.6 is 0 Å². The Balaban J connectivity index is 1.60. The van der Waals surface area contributed by atoms with E-state index in [1.807, 2.05) is 56.3 Å². The lowest BCUT2D eigenvalue weighted by Gasteiger charge is -2.34. The van der Waals surface area contributed by atoms with Crippen LogP contribution in [0.15, 0.2) is 65.2 Å². The molecule has 7 nitrogen and oxygen atoms in total. The van der Waals surface area contributed by atoms with E-state index in [1.54, 1.807) is 18.2 Å². The first-order valence-electron chi connectivity index (χ1n) is 10.5. The molecular formula is C24H25N3O4. The lowest BCUT2D eigenvalue weighted by atomic mass is 10.1. The number of carbonyl (C=O) groups excluding carboxylic acids is 2. The van der Waals surface area contributed by atoms with Gasteiger partial charge in [-0.15, -0.1) is 0 Å². The van der Waals surface area contributed by atoms with Crippen LogP contribution in [0.1, 0.15) is 37.2 Å². The first-order chi connectivity index (χ1) is 15.1. The zero-order chi connectivity index (χ0) is 21.8. The number of nitrogens with one attached hydrogen (secondary N) is 1. The van der Waals surface area contributed by atoms with Gasteiger partial charge in [0.25, 0.3) is 11.8 Å². The summed E-state index contributed by atoms with van der Waals surface area (Å²) in [6, 6.07) is 18.4. The Morgan fingerprint density at radius 2 is 1.81 bits per heavy atom. The zero-order valence-corrected chi connectivity index (χ0v) is 17.6. The quantitative estimate of drug-likeness (QED) is 0.651. The van der Waals surface area contributed by atoms with Gasteiger partial charge in [-0.05, 0) is 25.0 Å². The predicted molar refractivity (Wildman–Crippen MR) is 117 cm³/mol. The highest BCUT2D eigenvalue weighted by Gasteiger charge is 2.36. The molecule has 31 heavy (non-hydrogen) atoms. The summed E-state index contributed by atoms with van der Waals surface area (Å²) in [5.41, 5.74) is 2.03. The number of benzene rings is 2. The third kappa shape index (κ3) is 4.30. The molecular weight excluding hydrogens is 394 g/mol. The maximum atomic E-state index is 13.3. The molecule has 160 valence electrons. The van der Waals surface area contributed by atoms with Crippen molar-refractivity contribution in [3.8, 4) is 17.0 Å². The van der Waals surface area contributed by atoms with Gasteiger partial charge in [0.05, 0.1) is 12.2 Å². The molecule has 3 aromatic rings. The maximum absolute atomic E-state index is 13.3. The second-order valence-corrected chi connectivity index (χ2v) is 7.45. The molecule has 2 amide bonds. The van der Waals surface area contributed by atoms with Gasteiger partial charge in [-0.1, -0.05) is 61.5 Å². The van der Waals surface area contributed by atoms with E-state index in [1.165, 1.54) is 4.90 Å². The SMILES string of the molecule is CCC(CC)NC(=O)C1CN(C(=O)c2cc(-c3ccccc3)no2)c2ccccc2O1. The number of ether oxygens (including phenoxy) is 1. The zero-order valence-electron chi connectivity index (χ0n) is 17.6. The number of aromatic nitrogens is 1. The summed E-state index contributed by atoms with van der Waals surface area (Å²) in [7, 11) is 0. The van der Waals surface area contributed by atoms with Gasteiger partial charge in [-0.3, -0.25) is 14.5 Å². The van der Waals surface area contributed by atoms with Crippen molar-refractivity contribution in [3.63, 3.8) is 0 Å². The molecule has 0 bridgehead atoms. The number of nitrogens with zero attached hydrogens (tertiary/aromatic N) is 2. The number of para-hydroxylation sites is 2. The predicted octanol–water partition coefficient (Wildman–Crippen LogP) is 4.05. The molecule has 1 unspecified atom stereocenters. The lowest BCUT2D eigenvalue weighted by molar-refractivity contribution is -0.128. The Morgan fingerprint density at radius 3 is 2.55 bits per heavy atom. The molecule has 4 rings (SSSR count). The fraction of sp³-hybridized carbons (Fsp3) is 0.292. The van der Waals surface area contributed by atoms with E-state index in [9.17, 15) is 9.59 Å². The van der Waals surface area contributed by atoms with Crippen LogP contribution in [0.2, 0.25) is 0 Å². The topological polar surface area (TPSA) is 84.7 Å². The van der Waals surface area contributed by atoms with Crippen LogP contribution in [-0.4, -0.2) is 35.7 Å². The van der Waals surface area contributed by atoms with Crippen molar-refractivity contribution in [1.29, 1.82) is 0 Å². The molecule has 2 aromatic carbocycles. The Kier molecular flexibility index (Phi) is 6.02. The standard InChI is InChI=1S/C24H25N3O4/c1-3-17(4-2)25-23(28)22-15-27(19-12-8-9-13-20(19)30-22)24(29)21-14-18(26-31-21)16-10-6-5-7-11-16/h5-14,17,22H,3-4,15H2,1-2H3,(H,25,28). The summed E-state index contributed by atoms with van der Waals surface area (Å²) in [6.45, 7) is 4.13. The summed E-state index contributed by atoms with van der Waals surface area (Å²) in [5.74, 6) is -0.0152. The van der Waals surface area contributed by atoms with E-state index in [-0.39, 0.29) is 30.2 Å². The van der Waals surface area contributed by atoms with Gasteiger partial charge in [0, 0.05) is 17.7 Å². The average molecular weight is 419 g/mol. The van der Waals surface area contributed by atoms with E-state index in [4.69, 9.17) is 9.26 Å². The minimum Gasteiger partial charge on any atom is -0.477 e. The molecule has 1 N–H and O–H groups in total.